The first-order chi connectivity index (χ1) is 15.4. The van der Waals surface area contributed by atoms with Crippen molar-refractivity contribution >= 4 is 40.6 Å². The standard InChI is InChI=1S/C24H29N3O4S/c1-3-22(24(29)26-21-15-19(27(30)31)13-12-16(21)2)32-20-11-7-10-18(14-20)25-23(28)17-8-5-4-6-9-17/h7,10-15,17,22H,3-6,8-9H2,1-2H3,(H,25,28)(H,26,29). The third-order valence-corrected chi connectivity index (χ3v) is 7.07. The second kappa shape index (κ2) is 11.1. The van der Waals surface area contributed by atoms with E-state index >= 15 is 0 Å². The molecular weight excluding hydrogens is 426 g/mol. The molecule has 2 N–H and O–H groups in total. The highest BCUT2D eigenvalue weighted by Crippen LogP contribution is 2.30. The Morgan fingerprint density at radius 1 is 1.12 bits per heavy atom. The fourth-order valence-electron chi connectivity index (χ4n) is 3.81. The first-order valence-electron chi connectivity index (χ1n) is 11.0. The number of nitrogens with one attached hydrogen (secondary N) is 2. The molecule has 1 saturated carbocycles. The topological polar surface area (TPSA) is 101 Å². The Kier molecular flexibility index (Phi) is 8.27. The van der Waals surface area contributed by atoms with Gasteiger partial charge in [0.05, 0.1) is 15.9 Å². The number of hydrogen-bond donors (Lipinski definition) is 2. The molecule has 2 aromatic carbocycles. The summed E-state index contributed by atoms with van der Waals surface area (Å²) < 4.78 is 0. The Balaban J connectivity index is 1.65. The minimum Gasteiger partial charge on any atom is -0.326 e. The van der Waals surface area contributed by atoms with Gasteiger partial charge in [0.1, 0.15) is 0 Å². The number of nitro groups is 1. The molecule has 32 heavy (non-hydrogen) atoms. The van der Waals surface area contributed by atoms with Crippen molar-refractivity contribution in [2.24, 2.45) is 5.92 Å². The average molecular weight is 456 g/mol. The summed E-state index contributed by atoms with van der Waals surface area (Å²) in [6.07, 6.45) is 5.87. The maximum atomic E-state index is 12.9. The van der Waals surface area contributed by atoms with Gasteiger partial charge in [-0.2, -0.15) is 0 Å². The summed E-state index contributed by atoms with van der Waals surface area (Å²) in [5.74, 6) is -0.0667. The number of nitrogens with zero attached hydrogens (tertiary/aromatic N) is 1. The fraction of sp³-hybridized carbons (Fsp3) is 0.417. The largest absolute Gasteiger partial charge is 0.326 e. The highest BCUT2D eigenvalue weighted by atomic mass is 32.2. The predicted molar refractivity (Wildman–Crippen MR) is 128 cm³/mol. The lowest BCUT2D eigenvalue weighted by Gasteiger charge is -2.21. The van der Waals surface area contributed by atoms with Gasteiger partial charge in [-0.15, -0.1) is 11.8 Å². The van der Waals surface area contributed by atoms with E-state index in [1.54, 1.807) is 13.0 Å². The summed E-state index contributed by atoms with van der Waals surface area (Å²) in [6, 6.07) is 12.0. The zero-order valence-electron chi connectivity index (χ0n) is 18.4. The van der Waals surface area contributed by atoms with Crippen LogP contribution in [-0.2, 0) is 9.59 Å². The Labute approximate surface area is 192 Å². The molecule has 1 fully saturated rings. The van der Waals surface area contributed by atoms with Gasteiger partial charge in [-0.05, 0) is 49.9 Å². The molecule has 0 aliphatic heterocycles. The van der Waals surface area contributed by atoms with Gasteiger partial charge in [0.2, 0.25) is 11.8 Å². The SMILES string of the molecule is CCC(Sc1cccc(NC(=O)C2CCCCC2)c1)C(=O)Nc1cc([N+](=O)[O-])ccc1C. The highest BCUT2D eigenvalue weighted by molar-refractivity contribution is 8.00. The van der Waals surface area contributed by atoms with Gasteiger partial charge in [0.25, 0.3) is 5.69 Å². The molecule has 1 aliphatic carbocycles. The molecule has 2 aromatic rings. The van der Waals surface area contributed by atoms with E-state index in [0.717, 1.165) is 41.8 Å². The van der Waals surface area contributed by atoms with E-state index in [1.807, 2.05) is 31.2 Å². The van der Waals surface area contributed by atoms with Gasteiger partial charge in [-0.3, -0.25) is 19.7 Å². The molecule has 0 saturated heterocycles. The van der Waals surface area contributed by atoms with Gasteiger partial charge in [-0.1, -0.05) is 38.3 Å². The Morgan fingerprint density at radius 3 is 2.56 bits per heavy atom. The van der Waals surface area contributed by atoms with Gasteiger partial charge >= 0.3 is 0 Å². The third kappa shape index (κ3) is 6.32. The molecule has 0 heterocycles. The van der Waals surface area contributed by atoms with Crippen molar-refractivity contribution in [3.05, 3.63) is 58.1 Å². The lowest BCUT2D eigenvalue weighted by atomic mass is 9.88. The number of amides is 2. The van der Waals surface area contributed by atoms with Crippen LogP contribution in [0.3, 0.4) is 0 Å². The number of aryl methyl sites for hydroxylation is 1. The summed E-state index contributed by atoms with van der Waals surface area (Å²) in [5, 5.41) is 16.5. The van der Waals surface area contributed by atoms with Crippen LogP contribution >= 0.6 is 11.8 Å². The number of nitro benzene ring substituents is 1. The predicted octanol–water partition coefficient (Wildman–Crippen LogP) is 5.93. The molecule has 1 unspecified atom stereocenters. The van der Waals surface area contributed by atoms with E-state index in [9.17, 15) is 19.7 Å². The Bertz CT molecular complexity index is 989. The second-order valence-corrected chi connectivity index (χ2v) is 9.39. The van der Waals surface area contributed by atoms with Crippen molar-refractivity contribution in [1.29, 1.82) is 0 Å². The lowest BCUT2D eigenvalue weighted by molar-refractivity contribution is -0.384. The van der Waals surface area contributed by atoms with Crippen molar-refractivity contribution in [1.82, 2.24) is 0 Å². The van der Waals surface area contributed by atoms with E-state index < -0.39 is 4.92 Å². The molecule has 2 amide bonds. The number of non-ortho nitro benzene ring substituents is 1. The smallest absolute Gasteiger partial charge is 0.271 e. The Morgan fingerprint density at radius 2 is 1.88 bits per heavy atom. The van der Waals surface area contributed by atoms with Crippen LogP contribution in [0.4, 0.5) is 17.1 Å². The van der Waals surface area contributed by atoms with E-state index in [-0.39, 0.29) is 28.7 Å². The van der Waals surface area contributed by atoms with E-state index in [1.165, 1.54) is 30.3 Å². The summed E-state index contributed by atoms with van der Waals surface area (Å²) in [6.45, 7) is 3.72. The molecule has 1 atom stereocenters. The number of rotatable bonds is 8. The van der Waals surface area contributed by atoms with E-state index in [4.69, 9.17) is 0 Å². The normalized spacial score (nSPS) is 15.1. The zero-order valence-corrected chi connectivity index (χ0v) is 19.2. The molecule has 0 bridgehead atoms. The summed E-state index contributed by atoms with van der Waals surface area (Å²) in [7, 11) is 0. The lowest BCUT2D eigenvalue weighted by Crippen LogP contribution is -2.25. The van der Waals surface area contributed by atoms with Crippen LogP contribution in [0.25, 0.3) is 0 Å². The molecule has 0 radical (unpaired) electrons. The second-order valence-electron chi connectivity index (χ2n) is 8.11. The average Bonchev–Trinajstić information content (AvgIpc) is 2.79. The summed E-state index contributed by atoms with van der Waals surface area (Å²) in [4.78, 5) is 36.9. The van der Waals surface area contributed by atoms with E-state index in [0.29, 0.717) is 12.1 Å². The van der Waals surface area contributed by atoms with Crippen molar-refractivity contribution in [3.63, 3.8) is 0 Å². The molecule has 8 heteroatoms. The number of benzene rings is 2. The first-order valence-corrected chi connectivity index (χ1v) is 11.9. The summed E-state index contributed by atoms with van der Waals surface area (Å²) >= 11 is 1.41. The zero-order chi connectivity index (χ0) is 23.1. The molecule has 1 aliphatic rings. The van der Waals surface area contributed by atoms with Crippen LogP contribution in [-0.4, -0.2) is 22.0 Å². The van der Waals surface area contributed by atoms with Crippen molar-refractivity contribution in [3.8, 4) is 0 Å². The van der Waals surface area contributed by atoms with Crippen LogP contribution in [0.1, 0.15) is 51.0 Å². The van der Waals surface area contributed by atoms with Crippen LogP contribution in [0.2, 0.25) is 0 Å². The maximum Gasteiger partial charge on any atom is 0.271 e. The Hall–Kier alpha value is -2.87. The van der Waals surface area contributed by atoms with Crippen LogP contribution < -0.4 is 10.6 Å². The minimum absolute atomic E-state index is 0.0620. The van der Waals surface area contributed by atoms with Gasteiger partial charge < -0.3 is 10.6 Å². The van der Waals surface area contributed by atoms with Crippen molar-refractivity contribution in [2.75, 3.05) is 10.6 Å². The summed E-state index contributed by atoms with van der Waals surface area (Å²) in [5.41, 5.74) is 1.87. The number of anilines is 2. The van der Waals surface area contributed by atoms with Crippen molar-refractivity contribution in [2.45, 2.75) is 62.5 Å². The van der Waals surface area contributed by atoms with Crippen LogP contribution in [0, 0.1) is 23.0 Å². The number of hydrogen-bond acceptors (Lipinski definition) is 5. The number of carbonyl (C=O) groups excluding carboxylic acids is 2. The molecule has 3 rings (SSSR count). The maximum absolute atomic E-state index is 12.9. The monoisotopic (exact) mass is 455 g/mol. The fourth-order valence-corrected chi connectivity index (χ4v) is 4.83. The van der Waals surface area contributed by atoms with Gasteiger partial charge in [0.15, 0.2) is 0 Å². The quantitative estimate of drug-likeness (QED) is 0.292. The van der Waals surface area contributed by atoms with Gasteiger partial charge in [-0.25, -0.2) is 0 Å². The number of carbonyl (C=O) groups is 2. The highest BCUT2D eigenvalue weighted by Gasteiger charge is 2.22. The number of thioether (sulfide) groups is 1. The van der Waals surface area contributed by atoms with E-state index in [2.05, 4.69) is 10.6 Å². The first kappa shape index (κ1) is 23.8. The molecular formula is C24H29N3O4S. The van der Waals surface area contributed by atoms with Crippen molar-refractivity contribution < 1.29 is 14.5 Å². The molecule has 170 valence electrons. The third-order valence-electron chi connectivity index (χ3n) is 5.71. The van der Waals surface area contributed by atoms with Crippen LogP contribution in [0.15, 0.2) is 47.4 Å². The van der Waals surface area contributed by atoms with Gasteiger partial charge in [0, 0.05) is 28.6 Å². The van der Waals surface area contributed by atoms with Crippen LogP contribution in [0.5, 0.6) is 0 Å². The molecule has 7 nitrogen and oxygen atoms in total. The molecule has 0 aromatic heterocycles. The molecule has 0 spiro atoms. The minimum atomic E-state index is -0.478.